The number of hydrogen-bond donors (Lipinski definition) is 0. The van der Waals surface area contributed by atoms with Crippen molar-refractivity contribution in [2.45, 2.75) is 79.5 Å². The highest BCUT2D eigenvalue weighted by Gasteiger charge is 2.35. The molecule has 0 aromatic heterocycles. The first-order valence-corrected chi connectivity index (χ1v) is 9.28. The van der Waals surface area contributed by atoms with Gasteiger partial charge in [0.15, 0.2) is 0 Å². The minimum absolute atomic E-state index is 0.330. The van der Waals surface area contributed by atoms with Crippen LogP contribution in [0.1, 0.15) is 67.2 Å². The monoisotopic (exact) mass is 412 g/mol. The van der Waals surface area contributed by atoms with Gasteiger partial charge in [-0.05, 0) is 40.5 Å². The maximum Gasteiger partial charge on any atom is 0.392 e. The van der Waals surface area contributed by atoms with Crippen LogP contribution in [-0.2, 0) is 28.6 Å². The molecule has 164 valence electrons. The molecule has 0 bridgehead atoms. The fraction of sp³-hybridized carbons (Fsp3) is 0.842. The fourth-order valence-electron chi connectivity index (χ4n) is 1.62. The fourth-order valence-corrected chi connectivity index (χ4v) is 1.62. The maximum absolute atomic E-state index is 11.7. The average Bonchev–Trinajstić information content (AvgIpc) is 2.99. The molecule has 1 rings (SSSR count). The summed E-state index contributed by atoms with van der Waals surface area (Å²) in [5.41, 5.74) is -1.23. The van der Waals surface area contributed by atoms with Gasteiger partial charge in [-0.2, -0.15) is 13.2 Å². The van der Waals surface area contributed by atoms with Gasteiger partial charge in [0.25, 0.3) is 0 Å². The van der Waals surface area contributed by atoms with Crippen molar-refractivity contribution in [1.29, 1.82) is 0 Å². The molecule has 1 aliphatic heterocycles. The van der Waals surface area contributed by atoms with Gasteiger partial charge in [0.05, 0.1) is 30.5 Å². The number of esters is 3. The van der Waals surface area contributed by atoms with Crippen molar-refractivity contribution in [1.82, 2.24) is 0 Å². The van der Waals surface area contributed by atoms with E-state index in [0.717, 1.165) is 0 Å². The van der Waals surface area contributed by atoms with Crippen LogP contribution in [0.2, 0.25) is 0 Å². The molecule has 0 N–H and O–H groups in total. The van der Waals surface area contributed by atoms with Crippen LogP contribution >= 0.6 is 0 Å². The number of rotatable bonds is 7. The first-order chi connectivity index (χ1) is 12.7. The third kappa shape index (κ3) is 9.41. The summed E-state index contributed by atoms with van der Waals surface area (Å²) in [6.45, 7) is 10.3. The van der Waals surface area contributed by atoms with Gasteiger partial charge >= 0.3 is 24.1 Å². The zero-order valence-electron chi connectivity index (χ0n) is 17.4. The van der Waals surface area contributed by atoms with E-state index in [0.29, 0.717) is 25.9 Å². The Bertz CT molecular complexity index is 540. The van der Waals surface area contributed by atoms with Crippen LogP contribution in [0.5, 0.6) is 0 Å². The summed E-state index contributed by atoms with van der Waals surface area (Å²) in [6.07, 6.45) is -4.33. The Kier molecular flexibility index (Phi) is 9.98. The predicted molar refractivity (Wildman–Crippen MR) is 95.2 cm³/mol. The maximum atomic E-state index is 11.7. The summed E-state index contributed by atoms with van der Waals surface area (Å²) in [4.78, 5) is 33.8. The van der Waals surface area contributed by atoms with Gasteiger partial charge in [-0.1, -0.05) is 13.8 Å². The number of ether oxygens (including phenoxy) is 3. The van der Waals surface area contributed by atoms with Crippen molar-refractivity contribution >= 4 is 17.9 Å². The van der Waals surface area contributed by atoms with E-state index < -0.39 is 48.1 Å². The number of halogens is 3. The van der Waals surface area contributed by atoms with Crippen LogP contribution < -0.4 is 0 Å². The summed E-state index contributed by atoms with van der Waals surface area (Å²) in [5.74, 6) is -1.33. The summed E-state index contributed by atoms with van der Waals surface area (Å²) >= 11 is 0. The van der Waals surface area contributed by atoms with Crippen molar-refractivity contribution < 1.29 is 41.8 Å². The predicted octanol–water partition coefficient (Wildman–Crippen LogP) is 4.20. The van der Waals surface area contributed by atoms with Crippen LogP contribution in [0.25, 0.3) is 0 Å². The summed E-state index contributed by atoms with van der Waals surface area (Å²) in [5, 5.41) is 0. The molecule has 1 unspecified atom stereocenters. The molecular formula is C19H31F3O6. The highest BCUT2D eigenvalue weighted by molar-refractivity contribution is 5.82. The Labute approximate surface area is 164 Å². The number of hydrogen-bond acceptors (Lipinski definition) is 6. The largest absolute Gasteiger partial charge is 0.465 e. The SMILES string of the molecule is CCC(C)(C)C(=O)OC1CCOC1=O.CCC(C)(C)C(=O)OCCC(F)(F)F. The normalized spacial score (nSPS) is 17.3. The zero-order valence-corrected chi connectivity index (χ0v) is 17.4. The lowest BCUT2D eigenvalue weighted by atomic mass is 9.90. The Hall–Kier alpha value is -1.80. The molecule has 9 heteroatoms. The van der Waals surface area contributed by atoms with Crippen LogP contribution in [0.15, 0.2) is 0 Å². The van der Waals surface area contributed by atoms with E-state index in [-0.39, 0.29) is 5.97 Å². The lowest BCUT2D eigenvalue weighted by molar-refractivity contribution is -0.167. The molecule has 0 aromatic rings. The molecule has 0 aromatic carbocycles. The Morgan fingerprint density at radius 2 is 1.54 bits per heavy atom. The third-order valence-corrected chi connectivity index (χ3v) is 4.63. The van der Waals surface area contributed by atoms with Gasteiger partial charge in [-0.25, -0.2) is 4.79 Å². The van der Waals surface area contributed by atoms with E-state index >= 15 is 0 Å². The van der Waals surface area contributed by atoms with Gasteiger partial charge in [0.1, 0.15) is 0 Å². The van der Waals surface area contributed by atoms with Crippen LogP contribution in [-0.4, -0.2) is 43.4 Å². The van der Waals surface area contributed by atoms with Crippen molar-refractivity contribution in [3.05, 3.63) is 0 Å². The van der Waals surface area contributed by atoms with Crippen molar-refractivity contribution in [3.8, 4) is 0 Å². The van der Waals surface area contributed by atoms with Gasteiger partial charge in [-0.3, -0.25) is 9.59 Å². The highest BCUT2D eigenvalue weighted by Crippen LogP contribution is 2.25. The second kappa shape index (κ2) is 10.7. The van der Waals surface area contributed by atoms with E-state index in [2.05, 4.69) is 4.74 Å². The lowest BCUT2D eigenvalue weighted by Gasteiger charge is -2.21. The summed E-state index contributed by atoms with van der Waals surface area (Å²) in [7, 11) is 0. The van der Waals surface area contributed by atoms with E-state index in [1.165, 1.54) is 0 Å². The van der Waals surface area contributed by atoms with Crippen molar-refractivity contribution in [2.75, 3.05) is 13.2 Å². The second-order valence-corrected chi connectivity index (χ2v) is 7.83. The van der Waals surface area contributed by atoms with Gasteiger partial charge in [0, 0.05) is 6.42 Å². The minimum Gasteiger partial charge on any atom is -0.465 e. The zero-order chi connectivity index (χ0) is 22.2. The molecule has 0 aliphatic carbocycles. The van der Waals surface area contributed by atoms with Gasteiger partial charge in [-0.15, -0.1) is 0 Å². The van der Waals surface area contributed by atoms with E-state index in [9.17, 15) is 27.6 Å². The number of carbonyl (C=O) groups excluding carboxylic acids is 3. The van der Waals surface area contributed by atoms with E-state index in [1.54, 1.807) is 34.6 Å². The molecule has 1 saturated heterocycles. The van der Waals surface area contributed by atoms with Crippen LogP contribution in [0.4, 0.5) is 13.2 Å². The molecule has 0 amide bonds. The molecule has 1 fully saturated rings. The van der Waals surface area contributed by atoms with E-state index in [1.807, 2.05) is 6.92 Å². The molecule has 0 spiro atoms. The molecule has 1 atom stereocenters. The molecule has 6 nitrogen and oxygen atoms in total. The summed E-state index contributed by atoms with van der Waals surface area (Å²) < 4.78 is 49.4. The number of cyclic esters (lactones) is 1. The van der Waals surface area contributed by atoms with Crippen molar-refractivity contribution in [3.63, 3.8) is 0 Å². The quantitative estimate of drug-likeness (QED) is 0.461. The van der Waals surface area contributed by atoms with Crippen molar-refractivity contribution in [2.24, 2.45) is 10.8 Å². The standard InChI is InChI=1S/C10H16O4.C9H15F3O2/c1-4-10(2,3)9(12)14-7-5-6-13-8(7)11;1-4-8(2,3)7(13)14-6-5-9(10,11)12/h7H,4-6H2,1-3H3;4-6H2,1-3H3. The number of carbonyl (C=O) groups is 3. The Morgan fingerprint density at radius 3 is 1.93 bits per heavy atom. The Balaban J connectivity index is 0.000000521. The molecule has 1 heterocycles. The molecule has 28 heavy (non-hydrogen) atoms. The first kappa shape index (κ1) is 26.2. The molecule has 0 saturated carbocycles. The third-order valence-electron chi connectivity index (χ3n) is 4.63. The van der Waals surface area contributed by atoms with E-state index in [4.69, 9.17) is 9.47 Å². The second-order valence-electron chi connectivity index (χ2n) is 7.83. The average molecular weight is 412 g/mol. The smallest absolute Gasteiger partial charge is 0.392 e. The van der Waals surface area contributed by atoms with Gasteiger partial charge < -0.3 is 14.2 Å². The molecular weight excluding hydrogens is 381 g/mol. The Morgan fingerprint density at radius 1 is 1.04 bits per heavy atom. The lowest BCUT2D eigenvalue weighted by Crippen LogP contribution is -2.32. The molecule has 1 aliphatic rings. The molecule has 0 radical (unpaired) electrons. The van der Waals surface area contributed by atoms with Gasteiger partial charge in [0.2, 0.25) is 6.10 Å². The van der Waals surface area contributed by atoms with Crippen LogP contribution in [0.3, 0.4) is 0 Å². The first-order valence-electron chi connectivity index (χ1n) is 9.28. The highest BCUT2D eigenvalue weighted by atomic mass is 19.4. The number of alkyl halides is 3. The van der Waals surface area contributed by atoms with Crippen LogP contribution in [0, 0.1) is 10.8 Å². The topological polar surface area (TPSA) is 78.9 Å². The summed E-state index contributed by atoms with van der Waals surface area (Å²) in [6, 6.07) is 0. The minimum atomic E-state index is -4.27.